The van der Waals surface area contributed by atoms with Gasteiger partial charge in [-0.05, 0) is 48.4 Å². The van der Waals surface area contributed by atoms with Crippen molar-refractivity contribution in [2.24, 2.45) is 5.92 Å². The molecule has 1 saturated heterocycles. The SMILES string of the molecule is C[C@H](CC(=O)C(F)(F)F)c1ccc(OC2CCN(c3ccnc(OCC4CC4)c3)C2)cc1. The largest absolute Gasteiger partial charge is 0.489 e. The summed E-state index contributed by atoms with van der Waals surface area (Å²) in [6, 6.07) is 10.9. The molecule has 2 atom stereocenters. The molecule has 4 rings (SSSR count). The predicted molar refractivity (Wildman–Crippen MR) is 114 cm³/mol. The molecule has 1 unspecified atom stereocenters. The lowest BCUT2D eigenvalue weighted by Crippen LogP contribution is -2.24. The van der Waals surface area contributed by atoms with Crippen LogP contribution in [0.25, 0.3) is 0 Å². The van der Waals surface area contributed by atoms with Gasteiger partial charge in [0.2, 0.25) is 11.7 Å². The fourth-order valence-electron chi connectivity index (χ4n) is 3.80. The Labute approximate surface area is 185 Å². The van der Waals surface area contributed by atoms with Crippen molar-refractivity contribution in [3.05, 3.63) is 48.2 Å². The normalized spacial score (nSPS) is 19.6. The maximum Gasteiger partial charge on any atom is 0.449 e. The molecule has 1 aromatic heterocycles. The van der Waals surface area contributed by atoms with Gasteiger partial charge in [-0.25, -0.2) is 4.98 Å². The second-order valence-electron chi connectivity index (χ2n) is 8.68. The molecule has 5 nitrogen and oxygen atoms in total. The number of benzene rings is 1. The molecule has 0 spiro atoms. The fraction of sp³-hybridized carbons (Fsp3) is 0.500. The topological polar surface area (TPSA) is 51.7 Å². The van der Waals surface area contributed by atoms with Gasteiger partial charge in [0, 0.05) is 37.3 Å². The van der Waals surface area contributed by atoms with Gasteiger partial charge in [-0.1, -0.05) is 19.1 Å². The Hall–Kier alpha value is -2.77. The number of ketones is 1. The molecule has 0 radical (unpaired) electrons. The van der Waals surface area contributed by atoms with Crippen LogP contribution >= 0.6 is 0 Å². The molecule has 172 valence electrons. The lowest BCUT2D eigenvalue weighted by Gasteiger charge is -2.20. The lowest BCUT2D eigenvalue weighted by atomic mass is 9.95. The smallest absolute Gasteiger partial charge is 0.449 e. The maximum absolute atomic E-state index is 12.5. The molecular weight excluding hydrogens is 421 g/mol. The van der Waals surface area contributed by atoms with Gasteiger partial charge in [-0.3, -0.25) is 4.79 Å². The summed E-state index contributed by atoms with van der Waals surface area (Å²) in [5, 5.41) is 0. The van der Waals surface area contributed by atoms with Gasteiger partial charge in [-0.15, -0.1) is 0 Å². The molecule has 1 saturated carbocycles. The summed E-state index contributed by atoms with van der Waals surface area (Å²) in [7, 11) is 0. The van der Waals surface area contributed by atoms with E-state index < -0.39 is 24.3 Å². The van der Waals surface area contributed by atoms with Crippen molar-refractivity contribution in [3.8, 4) is 11.6 Å². The van der Waals surface area contributed by atoms with Crippen molar-refractivity contribution < 1.29 is 27.4 Å². The molecule has 2 aromatic rings. The fourth-order valence-corrected chi connectivity index (χ4v) is 3.80. The number of hydrogen-bond donors (Lipinski definition) is 0. The van der Waals surface area contributed by atoms with Gasteiger partial charge in [0.1, 0.15) is 11.9 Å². The molecule has 2 fully saturated rings. The highest BCUT2D eigenvalue weighted by Crippen LogP contribution is 2.31. The summed E-state index contributed by atoms with van der Waals surface area (Å²) in [6.45, 7) is 3.92. The van der Waals surface area contributed by atoms with Crippen LogP contribution in [0, 0.1) is 5.92 Å². The molecule has 0 bridgehead atoms. The first-order valence-electron chi connectivity index (χ1n) is 11.0. The molecule has 1 aliphatic carbocycles. The molecular formula is C24H27F3N2O3. The number of hydrogen-bond acceptors (Lipinski definition) is 5. The highest BCUT2D eigenvalue weighted by molar-refractivity contribution is 5.84. The first-order chi connectivity index (χ1) is 15.3. The highest BCUT2D eigenvalue weighted by atomic mass is 19.4. The van der Waals surface area contributed by atoms with Crippen LogP contribution in [0.4, 0.5) is 18.9 Å². The minimum atomic E-state index is -4.79. The van der Waals surface area contributed by atoms with Crippen molar-refractivity contribution in [3.63, 3.8) is 0 Å². The molecule has 8 heteroatoms. The first kappa shape index (κ1) is 22.4. The summed E-state index contributed by atoms with van der Waals surface area (Å²) >= 11 is 0. The van der Waals surface area contributed by atoms with E-state index in [1.54, 1.807) is 37.4 Å². The summed E-state index contributed by atoms with van der Waals surface area (Å²) in [5.74, 6) is -0.230. The number of aromatic nitrogens is 1. The van der Waals surface area contributed by atoms with Crippen LogP contribution in [0.2, 0.25) is 0 Å². The van der Waals surface area contributed by atoms with Gasteiger partial charge >= 0.3 is 6.18 Å². The number of carbonyl (C=O) groups excluding carboxylic acids is 1. The Morgan fingerprint density at radius 2 is 1.94 bits per heavy atom. The summed E-state index contributed by atoms with van der Waals surface area (Å²) < 4.78 is 49.3. The number of pyridine rings is 1. The number of Topliss-reactive ketones (excluding diaryl/α,β-unsaturated/α-hetero) is 1. The summed E-state index contributed by atoms with van der Waals surface area (Å²) in [4.78, 5) is 17.7. The van der Waals surface area contributed by atoms with E-state index in [0.29, 0.717) is 23.1 Å². The second kappa shape index (κ2) is 9.38. The standard InChI is InChI=1S/C24H27F3N2O3/c1-16(12-22(30)24(25,26)27)18-4-6-20(7-5-18)32-21-9-11-29(14-21)19-8-10-28-23(13-19)31-15-17-2-3-17/h4-8,10,13,16-17,21H,2-3,9,11-12,14-15H2,1H3/t16-,21?/m1/s1. The number of ether oxygens (including phenoxy) is 2. The van der Waals surface area contributed by atoms with E-state index in [2.05, 4.69) is 9.88 Å². The zero-order valence-electron chi connectivity index (χ0n) is 18.0. The van der Waals surface area contributed by atoms with Crippen molar-refractivity contribution in [1.82, 2.24) is 4.98 Å². The highest BCUT2D eigenvalue weighted by Gasteiger charge is 2.38. The van der Waals surface area contributed by atoms with Crippen LogP contribution in [0.3, 0.4) is 0 Å². The minimum absolute atomic E-state index is 0.00841. The Balaban J connectivity index is 1.29. The van der Waals surface area contributed by atoms with Gasteiger partial charge in [0.25, 0.3) is 0 Å². The Kier molecular flexibility index (Phi) is 6.58. The van der Waals surface area contributed by atoms with Gasteiger partial charge in [0.15, 0.2) is 0 Å². The van der Waals surface area contributed by atoms with E-state index in [4.69, 9.17) is 9.47 Å². The third-order valence-corrected chi connectivity index (χ3v) is 5.95. The van der Waals surface area contributed by atoms with E-state index in [9.17, 15) is 18.0 Å². The lowest BCUT2D eigenvalue weighted by molar-refractivity contribution is -0.171. The molecule has 2 aliphatic rings. The number of nitrogens with zero attached hydrogens (tertiary/aromatic N) is 2. The van der Waals surface area contributed by atoms with Crippen molar-refractivity contribution >= 4 is 11.5 Å². The van der Waals surface area contributed by atoms with Crippen LogP contribution in [0.5, 0.6) is 11.6 Å². The van der Waals surface area contributed by atoms with E-state index >= 15 is 0 Å². The number of rotatable bonds is 9. The van der Waals surface area contributed by atoms with Crippen molar-refractivity contribution in [2.45, 2.75) is 50.8 Å². The second-order valence-corrected chi connectivity index (χ2v) is 8.68. The Morgan fingerprint density at radius 3 is 2.62 bits per heavy atom. The molecule has 1 aliphatic heterocycles. The van der Waals surface area contributed by atoms with Crippen LogP contribution < -0.4 is 14.4 Å². The molecule has 32 heavy (non-hydrogen) atoms. The predicted octanol–water partition coefficient (Wildman–Crippen LogP) is 5.15. The molecule has 0 N–H and O–H groups in total. The van der Waals surface area contributed by atoms with Gasteiger partial charge < -0.3 is 14.4 Å². The van der Waals surface area contributed by atoms with E-state index in [-0.39, 0.29) is 6.10 Å². The molecule has 2 heterocycles. The molecule has 1 aromatic carbocycles. The van der Waals surface area contributed by atoms with Gasteiger partial charge in [-0.2, -0.15) is 13.2 Å². The van der Waals surface area contributed by atoms with Gasteiger partial charge in [0.05, 0.1) is 13.2 Å². The number of halogens is 3. The maximum atomic E-state index is 12.5. The van der Waals surface area contributed by atoms with E-state index in [0.717, 1.165) is 31.8 Å². The average molecular weight is 448 g/mol. The Morgan fingerprint density at radius 1 is 1.19 bits per heavy atom. The third-order valence-electron chi connectivity index (χ3n) is 5.95. The number of alkyl halides is 3. The van der Waals surface area contributed by atoms with Crippen LogP contribution in [-0.2, 0) is 4.79 Å². The summed E-state index contributed by atoms with van der Waals surface area (Å²) in [5.41, 5.74) is 1.73. The summed E-state index contributed by atoms with van der Waals surface area (Å²) in [6.07, 6.45) is -0.251. The first-order valence-corrected chi connectivity index (χ1v) is 11.0. The van der Waals surface area contributed by atoms with Crippen LogP contribution in [-0.4, -0.2) is 42.7 Å². The third kappa shape index (κ3) is 5.93. The van der Waals surface area contributed by atoms with E-state index in [1.807, 2.05) is 12.1 Å². The monoisotopic (exact) mass is 448 g/mol. The number of anilines is 1. The van der Waals surface area contributed by atoms with Crippen molar-refractivity contribution in [2.75, 3.05) is 24.6 Å². The van der Waals surface area contributed by atoms with Crippen molar-refractivity contribution in [1.29, 1.82) is 0 Å². The Bertz CT molecular complexity index is 929. The molecule has 0 amide bonds. The minimum Gasteiger partial charge on any atom is -0.489 e. The number of carbonyl (C=O) groups is 1. The zero-order chi connectivity index (χ0) is 22.7. The quantitative estimate of drug-likeness (QED) is 0.531. The zero-order valence-corrected chi connectivity index (χ0v) is 18.0. The van der Waals surface area contributed by atoms with E-state index in [1.165, 1.54) is 12.8 Å². The van der Waals surface area contributed by atoms with Crippen LogP contribution in [0.1, 0.15) is 44.1 Å². The average Bonchev–Trinajstić information content (AvgIpc) is 3.49. The van der Waals surface area contributed by atoms with Crippen LogP contribution in [0.15, 0.2) is 42.6 Å².